The molecule has 1 N–H and O–H groups in total. The van der Waals surface area contributed by atoms with Gasteiger partial charge in [0.05, 0.1) is 17.1 Å². The van der Waals surface area contributed by atoms with Crippen molar-refractivity contribution >= 4 is 27.9 Å². The van der Waals surface area contributed by atoms with E-state index in [1.165, 1.54) is 18.2 Å². The average Bonchev–Trinajstić information content (AvgIpc) is 2.77. The Hall–Kier alpha value is -3.44. The Kier molecular flexibility index (Phi) is 10.0. The van der Waals surface area contributed by atoms with Gasteiger partial charge in [0.15, 0.2) is 6.61 Å². The van der Waals surface area contributed by atoms with Crippen LogP contribution in [0.4, 0.5) is 0 Å². The predicted molar refractivity (Wildman–Crippen MR) is 120 cm³/mol. The normalized spacial score (nSPS) is 11.1. The van der Waals surface area contributed by atoms with Gasteiger partial charge in [0, 0.05) is 20.4 Å². The number of hydrogen-bond donors (Lipinski definition) is 1. The van der Waals surface area contributed by atoms with Crippen LogP contribution in [0.25, 0.3) is 0 Å². The van der Waals surface area contributed by atoms with Crippen LogP contribution >= 0.6 is 0 Å². The van der Waals surface area contributed by atoms with Gasteiger partial charge >= 0.3 is 17.9 Å². The molecule has 0 saturated heterocycles. The molecule has 11 heteroatoms. The molecule has 2 aromatic carbocycles. The van der Waals surface area contributed by atoms with E-state index in [0.29, 0.717) is 12.2 Å². The highest BCUT2D eigenvalue weighted by Gasteiger charge is 2.27. The minimum Gasteiger partial charge on any atom is -0.482 e. The summed E-state index contributed by atoms with van der Waals surface area (Å²) in [6, 6.07) is 12.6. The SMILES string of the molecule is CCOC(=O)COc1ccc(CCNS(=O)(=O)c2ccccc2C(OC(C)=O)OC(C)=O)cc1. The summed E-state index contributed by atoms with van der Waals surface area (Å²) in [7, 11) is -4.02. The molecule has 0 aromatic heterocycles. The van der Waals surface area contributed by atoms with Crippen LogP contribution in [0, 0.1) is 0 Å². The second-order valence-corrected chi connectivity index (χ2v) is 8.71. The van der Waals surface area contributed by atoms with E-state index in [1.807, 2.05) is 0 Å². The van der Waals surface area contributed by atoms with E-state index in [0.717, 1.165) is 19.4 Å². The zero-order chi connectivity index (χ0) is 25.1. The van der Waals surface area contributed by atoms with E-state index in [-0.39, 0.29) is 30.2 Å². The molecule has 0 aliphatic rings. The number of benzene rings is 2. The average molecular weight is 494 g/mol. The molecule has 2 rings (SSSR count). The summed E-state index contributed by atoms with van der Waals surface area (Å²) in [6.07, 6.45) is -1.12. The number of nitrogens with one attached hydrogen (secondary N) is 1. The highest BCUT2D eigenvalue weighted by molar-refractivity contribution is 7.89. The number of hydrogen-bond acceptors (Lipinski definition) is 9. The van der Waals surface area contributed by atoms with Crippen molar-refractivity contribution in [2.75, 3.05) is 19.8 Å². The molecule has 0 bridgehead atoms. The van der Waals surface area contributed by atoms with E-state index in [4.69, 9.17) is 18.9 Å². The van der Waals surface area contributed by atoms with Gasteiger partial charge in [-0.05, 0) is 37.1 Å². The number of carbonyl (C=O) groups excluding carboxylic acids is 3. The fourth-order valence-corrected chi connectivity index (χ4v) is 4.14. The quantitative estimate of drug-likeness (QED) is 0.349. The van der Waals surface area contributed by atoms with Crippen LogP contribution in [-0.4, -0.2) is 46.1 Å². The topological polar surface area (TPSA) is 134 Å². The van der Waals surface area contributed by atoms with Gasteiger partial charge in [0.2, 0.25) is 10.0 Å². The van der Waals surface area contributed by atoms with Crippen molar-refractivity contribution in [3.05, 3.63) is 59.7 Å². The van der Waals surface area contributed by atoms with Crippen molar-refractivity contribution in [1.29, 1.82) is 0 Å². The lowest BCUT2D eigenvalue weighted by Crippen LogP contribution is -2.28. The zero-order valence-electron chi connectivity index (χ0n) is 19.1. The molecular formula is C23H27NO9S. The molecule has 0 spiro atoms. The molecule has 0 saturated carbocycles. The van der Waals surface area contributed by atoms with Gasteiger partial charge in [-0.25, -0.2) is 17.9 Å². The first-order valence-corrected chi connectivity index (χ1v) is 11.9. The number of rotatable bonds is 12. The van der Waals surface area contributed by atoms with Crippen molar-refractivity contribution < 1.29 is 41.7 Å². The highest BCUT2D eigenvalue weighted by Crippen LogP contribution is 2.26. The lowest BCUT2D eigenvalue weighted by Gasteiger charge is -2.20. The third-order valence-corrected chi connectivity index (χ3v) is 5.83. The van der Waals surface area contributed by atoms with Crippen molar-refractivity contribution in [2.45, 2.75) is 38.4 Å². The Morgan fingerprint density at radius 2 is 1.56 bits per heavy atom. The van der Waals surface area contributed by atoms with Crippen molar-refractivity contribution in [1.82, 2.24) is 4.72 Å². The maximum atomic E-state index is 12.9. The second-order valence-electron chi connectivity index (χ2n) is 6.97. The summed E-state index contributed by atoms with van der Waals surface area (Å²) < 4.78 is 48.5. The number of carbonyl (C=O) groups is 3. The molecule has 0 aliphatic heterocycles. The number of esters is 3. The monoisotopic (exact) mass is 493 g/mol. The van der Waals surface area contributed by atoms with Crippen molar-refractivity contribution in [2.24, 2.45) is 0 Å². The Morgan fingerprint density at radius 3 is 2.15 bits per heavy atom. The third-order valence-electron chi connectivity index (χ3n) is 4.30. The Labute approximate surface area is 198 Å². The van der Waals surface area contributed by atoms with Crippen LogP contribution in [0.2, 0.25) is 0 Å². The van der Waals surface area contributed by atoms with Crippen molar-refractivity contribution in [3.63, 3.8) is 0 Å². The maximum absolute atomic E-state index is 12.9. The van der Waals surface area contributed by atoms with Gasteiger partial charge in [0.25, 0.3) is 6.29 Å². The zero-order valence-corrected chi connectivity index (χ0v) is 19.9. The summed E-state index contributed by atoms with van der Waals surface area (Å²) >= 11 is 0. The van der Waals surface area contributed by atoms with Gasteiger partial charge < -0.3 is 18.9 Å². The molecule has 0 amide bonds. The van der Waals surface area contributed by atoms with Gasteiger partial charge in [-0.15, -0.1) is 0 Å². The molecule has 34 heavy (non-hydrogen) atoms. The maximum Gasteiger partial charge on any atom is 0.344 e. The minimum atomic E-state index is -4.02. The smallest absolute Gasteiger partial charge is 0.344 e. The molecule has 10 nitrogen and oxygen atoms in total. The summed E-state index contributed by atoms with van der Waals surface area (Å²) in [5.74, 6) is -1.46. The van der Waals surface area contributed by atoms with Crippen LogP contribution in [0.1, 0.15) is 38.2 Å². The van der Waals surface area contributed by atoms with Crippen LogP contribution in [-0.2, 0) is 45.0 Å². The van der Waals surface area contributed by atoms with Crippen LogP contribution in [0.5, 0.6) is 5.75 Å². The standard InChI is InChI=1S/C23H27NO9S/c1-4-30-22(27)15-31-19-11-9-18(10-12-19)13-14-24-34(28,29)21-8-6-5-7-20(21)23(32-16(2)25)33-17(3)26/h5-12,23-24H,4,13-15H2,1-3H3. The molecular weight excluding hydrogens is 466 g/mol. The van der Waals surface area contributed by atoms with Crippen molar-refractivity contribution in [3.8, 4) is 5.75 Å². The summed E-state index contributed by atoms with van der Waals surface area (Å²) in [6.45, 7) is 4.10. The number of sulfonamides is 1. The lowest BCUT2D eigenvalue weighted by molar-refractivity contribution is -0.187. The fourth-order valence-electron chi connectivity index (χ4n) is 2.88. The van der Waals surface area contributed by atoms with E-state index < -0.39 is 34.2 Å². The molecule has 0 heterocycles. The lowest BCUT2D eigenvalue weighted by atomic mass is 10.1. The molecule has 0 radical (unpaired) electrons. The summed E-state index contributed by atoms with van der Waals surface area (Å²) in [5, 5.41) is 0. The second kappa shape index (κ2) is 12.7. The van der Waals surface area contributed by atoms with Gasteiger partial charge in [-0.2, -0.15) is 0 Å². The Bertz CT molecular complexity index is 1080. The van der Waals surface area contributed by atoms with E-state index in [1.54, 1.807) is 37.3 Å². The molecule has 0 atom stereocenters. The fraction of sp³-hybridized carbons (Fsp3) is 0.348. The van der Waals surface area contributed by atoms with E-state index >= 15 is 0 Å². The van der Waals surface area contributed by atoms with Gasteiger partial charge in [0.1, 0.15) is 5.75 Å². The Balaban J connectivity index is 2.04. The Morgan fingerprint density at radius 1 is 0.941 bits per heavy atom. The summed E-state index contributed by atoms with van der Waals surface area (Å²) in [4.78, 5) is 34.0. The first-order chi connectivity index (χ1) is 16.1. The highest BCUT2D eigenvalue weighted by atomic mass is 32.2. The molecule has 0 fully saturated rings. The van der Waals surface area contributed by atoms with Gasteiger partial charge in [-0.3, -0.25) is 9.59 Å². The molecule has 0 aliphatic carbocycles. The van der Waals surface area contributed by atoms with Gasteiger partial charge in [-0.1, -0.05) is 30.3 Å². The molecule has 2 aromatic rings. The van der Waals surface area contributed by atoms with Crippen LogP contribution in [0.15, 0.2) is 53.4 Å². The van der Waals surface area contributed by atoms with E-state index in [2.05, 4.69) is 4.72 Å². The first-order valence-electron chi connectivity index (χ1n) is 10.4. The minimum absolute atomic E-state index is 0.0171. The molecule has 184 valence electrons. The summed E-state index contributed by atoms with van der Waals surface area (Å²) in [5.41, 5.74) is 0.848. The first kappa shape index (κ1) is 26.8. The third kappa shape index (κ3) is 8.49. The number of ether oxygens (including phenoxy) is 4. The van der Waals surface area contributed by atoms with Crippen LogP contribution < -0.4 is 9.46 Å². The van der Waals surface area contributed by atoms with E-state index in [9.17, 15) is 22.8 Å². The predicted octanol–water partition coefficient (Wildman–Crippen LogP) is 2.27. The van der Waals surface area contributed by atoms with Crippen LogP contribution in [0.3, 0.4) is 0 Å². The largest absolute Gasteiger partial charge is 0.482 e. The molecule has 0 unspecified atom stereocenters.